The molecule has 0 aliphatic rings. The van der Waals surface area contributed by atoms with Crippen LogP contribution in [-0.2, 0) is 14.8 Å². The Labute approximate surface area is 172 Å². The van der Waals surface area contributed by atoms with E-state index in [4.69, 9.17) is 0 Å². The Morgan fingerprint density at radius 1 is 1.03 bits per heavy atom. The molecular formula is C20H22N4O5S. The fraction of sp³-hybridized carbons (Fsp3) is 0.250. The van der Waals surface area contributed by atoms with Gasteiger partial charge < -0.3 is 10.3 Å². The van der Waals surface area contributed by atoms with E-state index >= 15 is 0 Å². The second-order valence-corrected chi connectivity index (χ2v) is 9.24. The van der Waals surface area contributed by atoms with Gasteiger partial charge in [-0.3, -0.25) is 14.6 Å². The van der Waals surface area contributed by atoms with Crippen LogP contribution in [0.25, 0.3) is 10.9 Å². The number of likely N-dealkylation sites (N-methyl/N-ethyl adjacent to an activating group) is 1. The second kappa shape index (κ2) is 7.88. The third kappa shape index (κ3) is 4.19. The van der Waals surface area contributed by atoms with Crippen molar-refractivity contribution < 1.29 is 13.2 Å². The van der Waals surface area contributed by atoms with Crippen molar-refractivity contribution in [2.24, 2.45) is 0 Å². The maximum absolute atomic E-state index is 12.9. The van der Waals surface area contributed by atoms with Crippen molar-refractivity contribution in [1.82, 2.24) is 14.3 Å². The molecular weight excluding hydrogens is 408 g/mol. The van der Waals surface area contributed by atoms with Crippen LogP contribution in [-0.4, -0.2) is 42.2 Å². The summed E-state index contributed by atoms with van der Waals surface area (Å²) in [5.74, 6) is -0.487. The Hall–Kier alpha value is -3.24. The van der Waals surface area contributed by atoms with Gasteiger partial charge in [-0.25, -0.2) is 13.2 Å². The summed E-state index contributed by atoms with van der Waals surface area (Å²) in [4.78, 5) is 40.1. The first-order valence-corrected chi connectivity index (χ1v) is 10.5. The normalized spacial score (nSPS) is 11.8. The van der Waals surface area contributed by atoms with Gasteiger partial charge in [0, 0.05) is 12.7 Å². The van der Waals surface area contributed by atoms with Crippen LogP contribution in [0.1, 0.15) is 16.7 Å². The van der Waals surface area contributed by atoms with Crippen LogP contribution in [0.2, 0.25) is 0 Å². The molecule has 0 spiro atoms. The third-order valence-electron chi connectivity index (χ3n) is 4.73. The first-order chi connectivity index (χ1) is 14.0. The van der Waals surface area contributed by atoms with Crippen LogP contribution >= 0.6 is 0 Å². The molecule has 0 aliphatic heterocycles. The molecule has 0 bridgehead atoms. The van der Waals surface area contributed by atoms with E-state index in [1.807, 2.05) is 32.9 Å². The predicted octanol–water partition coefficient (Wildman–Crippen LogP) is 1.40. The van der Waals surface area contributed by atoms with Crippen LogP contribution < -0.4 is 16.6 Å². The molecule has 158 valence electrons. The minimum atomic E-state index is -4.04. The number of hydrogen-bond donors (Lipinski definition) is 3. The van der Waals surface area contributed by atoms with E-state index in [1.165, 1.54) is 25.2 Å². The zero-order valence-electron chi connectivity index (χ0n) is 17.0. The summed E-state index contributed by atoms with van der Waals surface area (Å²) in [6.45, 7) is 5.28. The molecule has 0 aliphatic carbocycles. The van der Waals surface area contributed by atoms with E-state index in [1.54, 1.807) is 0 Å². The molecule has 1 amide bonds. The molecule has 0 fully saturated rings. The number of rotatable bonds is 5. The van der Waals surface area contributed by atoms with Gasteiger partial charge in [0.25, 0.3) is 5.56 Å². The zero-order chi connectivity index (χ0) is 22.2. The van der Waals surface area contributed by atoms with Crippen molar-refractivity contribution in [2.45, 2.75) is 25.7 Å². The van der Waals surface area contributed by atoms with Crippen molar-refractivity contribution in [3.05, 3.63) is 67.9 Å². The van der Waals surface area contributed by atoms with Crippen molar-refractivity contribution in [2.75, 3.05) is 18.9 Å². The van der Waals surface area contributed by atoms with Crippen LogP contribution in [0, 0.1) is 20.8 Å². The van der Waals surface area contributed by atoms with Gasteiger partial charge in [-0.1, -0.05) is 17.7 Å². The lowest BCUT2D eigenvalue weighted by atomic mass is 10.1. The summed E-state index contributed by atoms with van der Waals surface area (Å²) < 4.78 is 26.7. The van der Waals surface area contributed by atoms with Crippen molar-refractivity contribution >= 4 is 32.5 Å². The molecule has 2 aromatic carbocycles. The lowest BCUT2D eigenvalue weighted by molar-refractivity contribution is -0.116. The number of hydrogen-bond acceptors (Lipinski definition) is 5. The number of nitrogens with zero attached hydrogens (tertiary/aromatic N) is 1. The Kier molecular flexibility index (Phi) is 5.64. The Morgan fingerprint density at radius 3 is 2.30 bits per heavy atom. The molecule has 3 aromatic rings. The SMILES string of the molecule is Cc1cc(C)c(NC(=O)CN(C)S(=O)(=O)c2ccc3[nH]c(=O)[nH]c(=O)c3c2)c(C)c1. The number of anilines is 1. The molecule has 0 atom stereocenters. The quantitative estimate of drug-likeness (QED) is 0.563. The average Bonchev–Trinajstić information content (AvgIpc) is 2.64. The van der Waals surface area contributed by atoms with Crippen LogP contribution in [0.5, 0.6) is 0 Å². The zero-order valence-corrected chi connectivity index (χ0v) is 17.8. The van der Waals surface area contributed by atoms with E-state index in [-0.39, 0.29) is 15.8 Å². The second-order valence-electron chi connectivity index (χ2n) is 7.20. The summed E-state index contributed by atoms with van der Waals surface area (Å²) in [6.07, 6.45) is 0. The number of H-pyrrole nitrogens is 2. The van der Waals surface area contributed by atoms with E-state index in [0.717, 1.165) is 21.0 Å². The lowest BCUT2D eigenvalue weighted by Gasteiger charge is -2.18. The Bertz CT molecular complexity index is 1350. The molecule has 0 radical (unpaired) electrons. The fourth-order valence-electron chi connectivity index (χ4n) is 3.33. The number of aromatic nitrogens is 2. The number of fused-ring (bicyclic) bond motifs is 1. The summed E-state index contributed by atoms with van der Waals surface area (Å²) >= 11 is 0. The Balaban J connectivity index is 1.85. The maximum Gasteiger partial charge on any atom is 0.326 e. The van der Waals surface area contributed by atoms with Gasteiger partial charge in [-0.15, -0.1) is 0 Å². The molecule has 1 heterocycles. The van der Waals surface area contributed by atoms with Gasteiger partial charge in [0.15, 0.2) is 0 Å². The third-order valence-corrected chi connectivity index (χ3v) is 6.53. The number of carbonyl (C=O) groups is 1. The minimum Gasteiger partial charge on any atom is -0.324 e. The summed E-state index contributed by atoms with van der Waals surface area (Å²) in [5.41, 5.74) is 2.32. The first kappa shape index (κ1) is 21.5. The average molecular weight is 430 g/mol. The van der Waals surface area contributed by atoms with E-state index < -0.39 is 33.7 Å². The van der Waals surface area contributed by atoms with E-state index in [9.17, 15) is 22.8 Å². The Morgan fingerprint density at radius 2 is 1.67 bits per heavy atom. The number of aromatic amines is 2. The lowest BCUT2D eigenvalue weighted by Crippen LogP contribution is -2.35. The molecule has 0 saturated carbocycles. The van der Waals surface area contributed by atoms with Crippen LogP contribution in [0.4, 0.5) is 5.69 Å². The van der Waals surface area contributed by atoms with Crippen LogP contribution in [0.3, 0.4) is 0 Å². The highest BCUT2D eigenvalue weighted by Gasteiger charge is 2.24. The highest BCUT2D eigenvalue weighted by Crippen LogP contribution is 2.22. The topological polar surface area (TPSA) is 132 Å². The largest absolute Gasteiger partial charge is 0.326 e. The number of sulfonamides is 1. The van der Waals surface area contributed by atoms with Crippen molar-refractivity contribution in [1.29, 1.82) is 0 Å². The summed E-state index contributed by atoms with van der Waals surface area (Å²) in [6, 6.07) is 7.64. The highest BCUT2D eigenvalue weighted by molar-refractivity contribution is 7.89. The number of carbonyl (C=O) groups excluding carboxylic acids is 1. The van der Waals surface area contributed by atoms with Crippen LogP contribution in [0.15, 0.2) is 44.8 Å². The van der Waals surface area contributed by atoms with Gasteiger partial charge in [0.2, 0.25) is 15.9 Å². The maximum atomic E-state index is 12.9. The first-order valence-electron chi connectivity index (χ1n) is 9.09. The molecule has 9 nitrogen and oxygen atoms in total. The summed E-state index contributed by atoms with van der Waals surface area (Å²) in [5, 5.41) is 2.79. The summed E-state index contributed by atoms with van der Waals surface area (Å²) in [7, 11) is -2.76. The fourth-order valence-corrected chi connectivity index (χ4v) is 4.48. The van der Waals surface area contributed by atoms with Gasteiger partial charge in [0.05, 0.1) is 22.3 Å². The molecule has 10 heteroatoms. The van der Waals surface area contributed by atoms with E-state index in [2.05, 4.69) is 15.3 Å². The predicted molar refractivity (Wildman–Crippen MR) is 114 cm³/mol. The van der Waals surface area contributed by atoms with Gasteiger partial charge in [-0.05, 0) is 50.1 Å². The molecule has 30 heavy (non-hydrogen) atoms. The van der Waals surface area contributed by atoms with Crippen molar-refractivity contribution in [3.63, 3.8) is 0 Å². The van der Waals surface area contributed by atoms with Gasteiger partial charge in [-0.2, -0.15) is 4.31 Å². The molecule has 1 aromatic heterocycles. The number of amides is 1. The molecule has 0 unspecified atom stereocenters. The number of benzene rings is 2. The molecule has 3 N–H and O–H groups in total. The minimum absolute atomic E-state index is 0.0273. The monoisotopic (exact) mass is 430 g/mol. The van der Waals surface area contributed by atoms with Crippen molar-refractivity contribution in [3.8, 4) is 0 Å². The highest BCUT2D eigenvalue weighted by atomic mass is 32.2. The van der Waals surface area contributed by atoms with Gasteiger partial charge in [0.1, 0.15) is 0 Å². The molecule has 0 saturated heterocycles. The van der Waals surface area contributed by atoms with E-state index in [0.29, 0.717) is 5.69 Å². The number of aryl methyl sites for hydroxylation is 3. The molecule has 3 rings (SSSR count). The standard InChI is InChI=1S/C20H22N4O5S/c1-11-7-12(2)18(13(3)8-11)22-17(25)10-24(4)30(28,29)14-5-6-16-15(9-14)19(26)23-20(27)21-16/h5-9H,10H2,1-4H3,(H,22,25)(H2,21,23,26,27). The van der Waals surface area contributed by atoms with Gasteiger partial charge >= 0.3 is 5.69 Å². The smallest absolute Gasteiger partial charge is 0.324 e. The number of nitrogens with one attached hydrogen (secondary N) is 3.